The summed E-state index contributed by atoms with van der Waals surface area (Å²) in [4.78, 5) is 21.7. The van der Waals surface area contributed by atoms with Gasteiger partial charge in [0.15, 0.2) is 0 Å². The number of carbonyl (C=O) groups excluding carboxylic acids is 2. The SMILES string of the molecule is O=C(Cl)C1=CC(I)=C[C@@H](C(=O)Cl)C1. The second kappa shape index (κ2) is 4.57. The molecule has 13 heavy (non-hydrogen) atoms. The van der Waals surface area contributed by atoms with Gasteiger partial charge in [-0.05, 0) is 58.3 Å². The van der Waals surface area contributed by atoms with E-state index in [4.69, 9.17) is 23.2 Å². The molecule has 0 radical (unpaired) electrons. The van der Waals surface area contributed by atoms with Crippen molar-refractivity contribution in [2.45, 2.75) is 6.42 Å². The van der Waals surface area contributed by atoms with E-state index in [-0.39, 0.29) is 0 Å². The Morgan fingerprint density at radius 1 is 1.46 bits per heavy atom. The molecule has 0 saturated carbocycles. The summed E-state index contributed by atoms with van der Waals surface area (Å²) in [5, 5.41) is -0.983. The van der Waals surface area contributed by atoms with Gasteiger partial charge in [-0.2, -0.15) is 0 Å². The molecule has 5 heteroatoms. The van der Waals surface area contributed by atoms with E-state index in [2.05, 4.69) is 0 Å². The highest BCUT2D eigenvalue weighted by atomic mass is 127. The summed E-state index contributed by atoms with van der Waals surface area (Å²) in [5.41, 5.74) is 0.438. The fraction of sp³-hybridized carbons (Fsp3) is 0.250. The topological polar surface area (TPSA) is 34.1 Å². The molecule has 1 aliphatic carbocycles. The summed E-state index contributed by atoms with van der Waals surface area (Å²) in [5.74, 6) is -0.420. The number of rotatable bonds is 2. The Balaban J connectivity index is 2.90. The molecule has 0 N–H and O–H groups in total. The van der Waals surface area contributed by atoms with E-state index < -0.39 is 16.4 Å². The minimum absolute atomic E-state index is 0.303. The van der Waals surface area contributed by atoms with E-state index in [0.717, 1.165) is 3.58 Å². The number of hydrogen-bond donors (Lipinski definition) is 0. The Labute approximate surface area is 99.1 Å². The molecule has 2 nitrogen and oxygen atoms in total. The molecule has 0 unspecified atom stereocenters. The maximum absolute atomic E-state index is 10.8. The van der Waals surface area contributed by atoms with Crippen LogP contribution >= 0.6 is 45.8 Å². The van der Waals surface area contributed by atoms with Crippen LogP contribution in [0.4, 0.5) is 0 Å². The lowest BCUT2D eigenvalue weighted by Crippen LogP contribution is -2.12. The number of allylic oxidation sites excluding steroid dienone is 4. The lowest BCUT2D eigenvalue weighted by molar-refractivity contribution is -0.114. The number of halogens is 3. The molecule has 0 aromatic rings. The first kappa shape index (κ1) is 11.2. The van der Waals surface area contributed by atoms with Gasteiger partial charge in [0.2, 0.25) is 10.5 Å². The Morgan fingerprint density at radius 3 is 2.54 bits per heavy atom. The van der Waals surface area contributed by atoms with Crippen LogP contribution in [0.2, 0.25) is 0 Å². The van der Waals surface area contributed by atoms with Crippen LogP contribution in [0.25, 0.3) is 0 Å². The predicted molar refractivity (Wildman–Crippen MR) is 60.0 cm³/mol. The zero-order valence-corrected chi connectivity index (χ0v) is 10.1. The zero-order valence-electron chi connectivity index (χ0n) is 6.39. The first-order chi connectivity index (χ1) is 6.00. The molecule has 0 bridgehead atoms. The minimum atomic E-state index is -0.523. The van der Waals surface area contributed by atoms with Gasteiger partial charge in [0.25, 0.3) is 0 Å². The molecular formula is C8H5Cl2IO2. The van der Waals surface area contributed by atoms with Gasteiger partial charge < -0.3 is 0 Å². The summed E-state index contributed by atoms with van der Waals surface area (Å²) in [6.45, 7) is 0. The normalized spacial score (nSPS) is 21.9. The van der Waals surface area contributed by atoms with Crippen molar-refractivity contribution in [1.82, 2.24) is 0 Å². The molecule has 0 saturated heterocycles. The molecular weight excluding hydrogens is 326 g/mol. The van der Waals surface area contributed by atoms with Gasteiger partial charge in [0, 0.05) is 9.15 Å². The van der Waals surface area contributed by atoms with Gasteiger partial charge in [0.05, 0.1) is 5.92 Å². The van der Waals surface area contributed by atoms with Crippen molar-refractivity contribution in [3.05, 3.63) is 21.3 Å². The van der Waals surface area contributed by atoms with E-state index in [0.29, 0.717) is 12.0 Å². The van der Waals surface area contributed by atoms with Gasteiger partial charge in [-0.25, -0.2) is 0 Å². The average molecular weight is 331 g/mol. The maximum Gasteiger partial charge on any atom is 0.248 e. The van der Waals surface area contributed by atoms with Crippen LogP contribution in [0, 0.1) is 5.92 Å². The molecule has 1 atom stereocenters. The van der Waals surface area contributed by atoms with Crippen molar-refractivity contribution < 1.29 is 9.59 Å². The summed E-state index contributed by atoms with van der Waals surface area (Å²) in [6.07, 6.45) is 3.68. The van der Waals surface area contributed by atoms with Crippen LogP contribution in [0.15, 0.2) is 21.3 Å². The van der Waals surface area contributed by atoms with Gasteiger partial charge >= 0.3 is 0 Å². The van der Waals surface area contributed by atoms with Crippen molar-refractivity contribution in [1.29, 1.82) is 0 Å². The number of hydrogen-bond acceptors (Lipinski definition) is 2. The zero-order chi connectivity index (χ0) is 10.0. The highest BCUT2D eigenvalue weighted by molar-refractivity contribution is 14.1. The molecule has 70 valence electrons. The number of carbonyl (C=O) groups is 2. The van der Waals surface area contributed by atoms with Crippen molar-refractivity contribution in [3.63, 3.8) is 0 Å². The van der Waals surface area contributed by atoms with E-state index in [9.17, 15) is 9.59 Å². The predicted octanol–water partition coefficient (Wildman–Crippen LogP) is 2.78. The third kappa shape index (κ3) is 3.07. The summed E-state index contributed by atoms with van der Waals surface area (Å²) < 4.78 is 0.812. The van der Waals surface area contributed by atoms with Crippen molar-refractivity contribution >= 4 is 56.3 Å². The van der Waals surface area contributed by atoms with Crippen LogP contribution in [0.5, 0.6) is 0 Å². The Bertz CT molecular complexity index is 320. The first-order valence-corrected chi connectivity index (χ1v) is 5.31. The highest BCUT2D eigenvalue weighted by Gasteiger charge is 2.22. The average Bonchev–Trinajstić information content (AvgIpc) is 2.03. The Kier molecular flexibility index (Phi) is 3.94. The maximum atomic E-state index is 10.8. The Morgan fingerprint density at radius 2 is 2.08 bits per heavy atom. The van der Waals surface area contributed by atoms with Gasteiger partial charge in [-0.3, -0.25) is 9.59 Å². The lowest BCUT2D eigenvalue weighted by Gasteiger charge is -2.13. The standard InChI is InChI=1S/C8H5Cl2IO2/c9-7(12)4-1-5(8(10)13)3-6(11)2-4/h2-4H,1H2/t4-/m0/s1. The fourth-order valence-corrected chi connectivity index (χ4v) is 2.13. The summed E-state index contributed by atoms with van der Waals surface area (Å²) in [7, 11) is 0. The molecule has 0 aromatic heterocycles. The third-order valence-electron chi connectivity index (χ3n) is 1.66. The third-order valence-corrected chi connectivity index (χ3v) is 2.85. The fourth-order valence-electron chi connectivity index (χ4n) is 1.04. The lowest BCUT2D eigenvalue weighted by atomic mass is 9.96. The molecule has 0 amide bonds. The summed E-state index contributed by atoms with van der Waals surface area (Å²) in [6, 6.07) is 0. The van der Waals surface area contributed by atoms with E-state index in [1.54, 1.807) is 12.2 Å². The molecule has 0 aliphatic heterocycles. The molecule has 1 aliphatic rings. The van der Waals surface area contributed by atoms with Crippen molar-refractivity contribution in [2.24, 2.45) is 5.92 Å². The second-order valence-corrected chi connectivity index (χ2v) is 4.57. The Hall–Kier alpha value is 0.130. The van der Waals surface area contributed by atoms with Crippen molar-refractivity contribution in [3.8, 4) is 0 Å². The smallest absolute Gasteiger partial charge is 0.248 e. The largest absolute Gasteiger partial charge is 0.281 e. The van der Waals surface area contributed by atoms with Crippen LogP contribution in [-0.2, 0) is 9.59 Å². The first-order valence-electron chi connectivity index (χ1n) is 3.48. The molecule has 0 fully saturated rings. The van der Waals surface area contributed by atoms with E-state index in [1.807, 2.05) is 22.6 Å². The monoisotopic (exact) mass is 330 g/mol. The highest BCUT2D eigenvalue weighted by Crippen LogP contribution is 2.28. The summed E-state index contributed by atoms with van der Waals surface area (Å²) >= 11 is 12.6. The van der Waals surface area contributed by atoms with Gasteiger partial charge in [-0.1, -0.05) is 6.08 Å². The van der Waals surface area contributed by atoms with Crippen LogP contribution in [0.1, 0.15) is 6.42 Å². The van der Waals surface area contributed by atoms with E-state index in [1.165, 1.54) is 0 Å². The van der Waals surface area contributed by atoms with Crippen LogP contribution < -0.4 is 0 Å². The van der Waals surface area contributed by atoms with Gasteiger partial charge in [0.1, 0.15) is 0 Å². The van der Waals surface area contributed by atoms with Crippen LogP contribution in [-0.4, -0.2) is 10.5 Å². The quantitative estimate of drug-likeness (QED) is 0.576. The minimum Gasteiger partial charge on any atom is -0.281 e. The van der Waals surface area contributed by atoms with Crippen molar-refractivity contribution in [2.75, 3.05) is 0 Å². The molecule has 0 heterocycles. The molecule has 0 spiro atoms. The molecule has 1 rings (SSSR count). The van der Waals surface area contributed by atoms with Crippen LogP contribution in [0.3, 0.4) is 0 Å². The molecule has 0 aromatic carbocycles. The van der Waals surface area contributed by atoms with E-state index >= 15 is 0 Å². The van der Waals surface area contributed by atoms with Gasteiger partial charge in [-0.15, -0.1) is 0 Å². The second-order valence-electron chi connectivity index (χ2n) is 2.61.